The molecule has 23 heavy (non-hydrogen) atoms. The Morgan fingerprint density at radius 2 is 1.91 bits per heavy atom. The third kappa shape index (κ3) is 2.67. The topological polar surface area (TPSA) is 61.8 Å². The molecule has 124 valence electrons. The number of carbonyl (C=O) groups is 2. The molecule has 1 aliphatic carbocycles. The summed E-state index contributed by atoms with van der Waals surface area (Å²) in [7, 11) is 1.32. The first-order valence-electron chi connectivity index (χ1n) is 7.67. The minimum atomic E-state index is -0.869. The second-order valence-electron chi connectivity index (χ2n) is 6.21. The number of hydrogen-bond acceptors (Lipinski definition) is 5. The van der Waals surface area contributed by atoms with Crippen LogP contribution in [0.5, 0.6) is 11.5 Å². The average Bonchev–Trinajstić information content (AvgIpc) is 2.90. The Kier molecular flexibility index (Phi) is 4.00. The molecule has 0 spiro atoms. The van der Waals surface area contributed by atoms with Gasteiger partial charge in [-0.1, -0.05) is 11.6 Å². The van der Waals surface area contributed by atoms with E-state index < -0.39 is 11.8 Å². The quantitative estimate of drug-likeness (QED) is 0.770. The van der Waals surface area contributed by atoms with Gasteiger partial charge in [0.15, 0.2) is 11.5 Å². The summed E-state index contributed by atoms with van der Waals surface area (Å²) in [6, 6.07) is 1.54. The maximum atomic E-state index is 11.9. The number of esters is 1. The van der Waals surface area contributed by atoms with Crippen molar-refractivity contribution in [2.45, 2.75) is 45.3 Å². The molecule has 1 aromatic carbocycles. The van der Waals surface area contributed by atoms with Crippen LogP contribution in [0.25, 0.3) is 0 Å². The van der Waals surface area contributed by atoms with Gasteiger partial charge in [-0.25, -0.2) is 4.79 Å². The molecule has 5 nitrogen and oxygen atoms in total. The molecule has 1 aliphatic heterocycles. The molecule has 0 radical (unpaired) electrons. The standard InChI is InChI=1S/C17H19ClO5/c1-9-12(16(20)21-3)8-13(18)15-14(9)22-17(2,23-15)10-4-6-11(19)7-5-10/h8,10H,4-7H2,1-3H3. The summed E-state index contributed by atoms with van der Waals surface area (Å²) >= 11 is 6.27. The highest BCUT2D eigenvalue weighted by Gasteiger charge is 2.47. The Morgan fingerprint density at radius 3 is 2.52 bits per heavy atom. The van der Waals surface area contributed by atoms with Crippen LogP contribution in [-0.4, -0.2) is 24.6 Å². The maximum absolute atomic E-state index is 11.9. The zero-order chi connectivity index (χ0) is 16.8. The van der Waals surface area contributed by atoms with Crippen LogP contribution in [0, 0.1) is 12.8 Å². The van der Waals surface area contributed by atoms with Gasteiger partial charge in [0.2, 0.25) is 0 Å². The molecule has 0 saturated heterocycles. The molecular weight excluding hydrogens is 320 g/mol. The van der Waals surface area contributed by atoms with E-state index in [2.05, 4.69) is 0 Å². The number of hydrogen-bond donors (Lipinski definition) is 0. The van der Waals surface area contributed by atoms with Crippen molar-refractivity contribution in [3.05, 3.63) is 22.2 Å². The van der Waals surface area contributed by atoms with E-state index in [1.165, 1.54) is 7.11 Å². The number of halogens is 1. The zero-order valence-corrected chi connectivity index (χ0v) is 14.2. The van der Waals surface area contributed by atoms with Crippen molar-refractivity contribution in [3.8, 4) is 11.5 Å². The smallest absolute Gasteiger partial charge is 0.338 e. The molecular formula is C17H19ClO5. The number of ketones is 1. The number of methoxy groups -OCH3 is 1. The monoisotopic (exact) mass is 338 g/mol. The Labute approximate surface area is 139 Å². The van der Waals surface area contributed by atoms with Gasteiger partial charge >= 0.3 is 5.97 Å². The van der Waals surface area contributed by atoms with Crippen LogP contribution in [0.1, 0.15) is 48.5 Å². The molecule has 1 unspecified atom stereocenters. The van der Waals surface area contributed by atoms with E-state index in [1.807, 2.05) is 6.92 Å². The lowest BCUT2D eigenvalue weighted by Gasteiger charge is -2.34. The highest BCUT2D eigenvalue weighted by molar-refractivity contribution is 6.32. The van der Waals surface area contributed by atoms with Crippen LogP contribution < -0.4 is 9.47 Å². The molecule has 0 aromatic heterocycles. The maximum Gasteiger partial charge on any atom is 0.338 e. The second-order valence-corrected chi connectivity index (χ2v) is 6.62. The van der Waals surface area contributed by atoms with Gasteiger partial charge in [0.1, 0.15) is 5.78 Å². The summed E-state index contributed by atoms with van der Waals surface area (Å²) in [5, 5.41) is 0.321. The number of rotatable bonds is 2. The SMILES string of the molecule is COC(=O)c1cc(Cl)c2c(c1C)OC(C)(C1CCC(=O)CC1)O2. The van der Waals surface area contributed by atoms with Crippen molar-refractivity contribution in [2.24, 2.45) is 5.92 Å². The summed E-state index contributed by atoms with van der Waals surface area (Å²) in [5.41, 5.74) is 1.01. The van der Waals surface area contributed by atoms with Crippen molar-refractivity contribution in [3.63, 3.8) is 0 Å². The largest absolute Gasteiger partial charge is 0.465 e. The van der Waals surface area contributed by atoms with Gasteiger partial charge in [-0.15, -0.1) is 0 Å². The van der Waals surface area contributed by atoms with Crippen LogP contribution in [-0.2, 0) is 9.53 Å². The molecule has 0 bridgehead atoms. The molecule has 2 aliphatic rings. The minimum Gasteiger partial charge on any atom is -0.465 e. The van der Waals surface area contributed by atoms with Crippen molar-refractivity contribution in [1.82, 2.24) is 0 Å². The van der Waals surface area contributed by atoms with E-state index >= 15 is 0 Å². The fourth-order valence-electron chi connectivity index (χ4n) is 3.30. The third-order valence-electron chi connectivity index (χ3n) is 4.74. The van der Waals surface area contributed by atoms with Crippen LogP contribution >= 0.6 is 11.6 Å². The normalized spacial score (nSPS) is 23.9. The van der Waals surface area contributed by atoms with Gasteiger partial charge in [0.05, 0.1) is 17.7 Å². The lowest BCUT2D eigenvalue weighted by atomic mass is 9.83. The first kappa shape index (κ1) is 16.1. The summed E-state index contributed by atoms with van der Waals surface area (Å²) in [6.07, 6.45) is 2.54. The van der Waals surface area contributed by atoms with Gasteiger partial charge in [-0.2, -0.15) is 0 Å². The lowest BCUT2D eigenvalue weighted by molar-refractivity contribution is -0.135. The molecule has 6 heteroatoms. The third-order valence-corrected chi connectivity index (χ3v) is 5.02. The fraction of sp³-hybridized carbons (Fsp3) is 0.529. The van der Waals surface area contributed by atoms with Crippen molar-refractivity contribution >= 4 is 23.4 Å². The van der Waals surface area contributed by atoms with Crippen LogP contribution in [0.15, 0.2) is 6.07 Å². The fourth-order valence-corrected chi connectivity index (χ4v) is 3.53. The predicted molar refractivity (Wildman–Crippen MR) is 84.2 cm³/mol. The molecule has 1 fully saturated rings. The summed E-state index contributed by atoms with van der Waals surface area (Å²) in [4.78, 5) is 23.3. The first-order chi connectivity index (χ1) is 10.9. The van der Waals surface area contributed by atoms with Crippen LogP contribution in [0.3, 0.4) is 0 Å². The van der Waals surface area contributed by atoms with Crippen molar-refractivity contribution < 1.29 is 23.8 Å². The molecule has 1 heterocycles. The number of ether oxygens (including phenoxy) is 3. The van der Waals surface area contributed by atoms with Crippen molar-refractivity contribution in [2.75, 3.05) is 7.11 Å². The molecule has 0 amide bonds. The van der Waals surface area contributed by atoms with E-state index in [4.69, 9.17) is 25.8 Å². The van der Waals surface area contributed by atoms with E-state index in [0.29, 0.717) is 40.5 Å². The Balaban J connectivity index is 1.94. The highest BCUT2D eigenvalue weighted by Crippen LogP contribution is 2.51. The van der Waals surface area contributed by atoms with E-state index in [0.717, 1.165) is 12.8 Å². The number of fused-ring (bicyclic) bond motifs is 1. The van der Waals surface area contributed by atoms with Crippen LogP contribution in [0.4, 0.5) is 0 Å². The average molecular weight is 339 g/mol. The highest BCUT2D eigenvalue weighted by atomic mass is 35.5. The molecule has 0 N–H and O–H groups in total. The molecule has 3 rings (SSSR count). The van der Waals surface area contributed by atoms with Gasteiger partial charge in [0, 0.05) is 31.2 Å². The number of benzene rings is 1. The van der Waals surface area contributed by atoms with Gasteiger partial charge in [-0.3, -0.25) is 4.79 Å². The lowest BCUT2D eigenvalue weighted by Crippen LogP contribution is -2.44. The van der Waals surface area contributed by atoms with Gasteiger partial charge in [0.25, 0.3) is 5.79 Å². The van der Waals surface area contributed by atoms with Gasteiger partial charge < -0.3 is 14.2 Å². The molecule has 1 atom stereocenters. The van der Waals surface area contributed by atoms with Gasteiger partial charge in [-0.05, 0) is 25.8 Å². The number of Topliss-reactive ketones (excluding diaryl/α,β-unsaturated/α-hetero) is 1. The van der Waals surface area contributed by atoms with E-state index in [-0.39, 0.29) is 11.7 Å². The molecule has 1 saturated carbocycles. The Hall–Kier alpha value is -1.75. The van der Waals surface area contributed by atoms with E-state index in [1.54, 1.807) is 13.0 Å². The Morgan fingerprint density at radius 1 is 1.30 bits per heavy atom. The van der Waals surface area contributed by atoms with Crippen LogP contribution in [0.2, 0.25) is 5.02 Å². The number of carbonyl (C=O) groups excluding carboxylic acids is 2. The zero-order valence-electron chi connectivity index (χ0n) is 13.4. The first-order valence-corrected chi connectivity index (χ1v) is 8.04. The van der Waals surface area contributed by atoms with E-state index in [9.17, 15) is 9.59 Å². The van der Waals surface area contributed by atoms with Crippen molar-refractivity contribution in [1.29, 1.82) is 0 Å². The molecule has 1 aromatic rings. The second kappa shape index (κ2) is 5.71. The predicted octanol–water partition coefficient (Wildman–Crippen LogP) is 3.68. The summed E-state index contributed by atoms with van der Waals surface area (Å²) in [6.45, 7) is 3.64. The summed E-state index contributed by atoms with van der Waals surface area (Å²) < 4.78 is 16.9. The minimum absolute atomic E-state index is 0.102. The summed E-state index contributed by atoms with van der Waals surface area (Å²) in [5.74, 6) is -0.0139. The Bertz CT molecular complexity index is 674.